The normalized spacial score (nSPS) is 9.80. The van der Waals surface area contributed by atoms with E-state index in [-0.39, 0.29) is 6.61 Å². The maximum Gasteiger partial charge on any atom is 0.132 e. The van der Waals surface area contributed by atoms with Crippen LogP contribution in [-0.2, 0) is 4.79 Å². The Morgan fingerprint density at radius 1 is 1.30 bits per heavy atom. The maximum absolute atomic E-state index is 10.8. The Morgan fingerprint density at radius 2 is 2.00 bits per heavy atom. The number of carbonyl (C=O) groups is 1. The quantitative estimate of drug-likeness (QED) is 0.574. The summed E-state index contributed by atoms with van der Waals surface area (Å²) in [6.07, 6.45) is 3.89. The SMILES string of the molecule is CCCC(=O)CCCCO. The van der Waals surface area contributed by atoms with E-state index in [0.717, 1.165) is 19.3 Å². The van der Waals surface area contributed by atoms with Gasteiger partial charge in [-0.15, -0.1) is 0 Å². The van der Waals surface area contributed by atoms with Gasteiger partial charge in [0.1, 0.15) is 5.78 Å². The van der Waals surface area contributed by atoms with Crippen molar-refractivity contribution in [3.05, 3.63) is 0 Å². The predicted octanol–water partition coefficient (Wildman–Crippen LogP) is 1.52. The van der Waals surface area contributed by atoms with Crippen LogP contribution in [0.5, 0.6) is 0 Å². The van der Waals surface area contributed by atoms with Crippen LogP contribution in [0, 0.1) is 0 Å². The van der Waals surface area contributed by atoms with E-state index in [4.69, 9.17) is 5.11 Å². The fourth-order valence-electron chi connectivity index (χ4n) is 0.838. The van der Waals surface area contributed by atoms with Gasteiger partial charge in [0.15, 0.2) is 0 Å². The van der Waals surface area contributed by atoms with Gasteiger partial charge in [-0.1, -0.05) is 6.92 Å². The van der Waals surface area contributed by atoms with Crippen molar-refractivity contribution in [1.82, 2.24) is 0 Å². The second-order valence-corrected chi connectivity index (χ2v) is 2.47. The zero-order chi connectivity index (χ0) is 7.82. The maximum atomic E-state index is 10.8. The minimum absolute atomic E-state index is 0.208. The van der Waals surface area contributed by atoms with Crippen LogP contribution in [0.4, 0.5) is 0 Å². The van der Waals surface area contributed by atoms with Gasteiger partial charge in [-0.2, -0.15) is 0 Å². The molecular weight excluding hydrogens is 128 g/mol. The molecule has 1 N–H and O–H groups in total. The molecule has 0 bridgehead atoms. The van der Waals surface area contributed by atoms with E-state index < -0.39 is 0 Å². The van der Waals surface area contributed by atoms with Crippen molar-refractivity contribution in [3.8, 4) is 0 Å². The lowest BCUT2D eigenvalue weighted by Gasteiger charge is -1.95. The first-order valence-electron chi connectivity index (χ1n) is 3.93. The van der Waals surface area contributed by atoms with Crippen molar-refractivity contribution >= 4 is 5.78 Å². The number of unbranched alkanes of at least 4 members (excludes halogenated alkanes) is 1. The zero-order valence-corrected chi connectivity index (χ0v) is 6.60. The molecular formula is C8H16O2. The first kappa shape index (κ1) is 9.63. The lowest BCUT2D eigenvalue weighted by molar-refractivity contribution is -0.119. The molecule has 0 atom stereocenters. The number of carbonyl (C=O) groups excluding carboxylic acids is 1. The molecule has 10 heavy (non-hydrogen) atoms. The van der Waals surface area contributed by atoms with E-state index in [1.807, 2.05) is 6.92 Å². The highest BCUT2D eigenvalue weighted by atomic mass is 16.2. The van der Waals surface area contributed by atoms with Gasteiger partial charge in [-0.05, 0) is 19.3 Å². The highest BCUT2D eigenvalue weighted by molar-refractivity contribution is 5.78. The lowest BCUT2D eigenvalue weighted by atomic mass is 10.1. The average Bonchev–Trinajstić information content (AvgIpc) is 1.89. The molecule has 2 nitrogen and oxygen atoms in total. The molecule has 60 valence electrons. The number of rotatable bonds is 6. The molecule has 0 amide bonds. The number of Topliss-reactive ketones (excluding diaryl/α,β-unsaturated/α-hetero) is 1. The molecule has 0 aliphatic carbocycles. The summed E-state index contributed by atoms with van der Waals surface area (Å²) in [4.78, 5) is 10.8. The van der Waals surface area contributed by atoms with Crippen molar-refractivity contribution in [2.45, 2.75) is 39.0 Å². The van der Waals surface area contributed by atoms with Crippen molar-refractivity contribution in [2.75, 3.05) is 6.61 Å². The van der Waals surface area contributed by atoms with Gasteiger partial charge in [-0.25, -0.2) is 0 Å². The van der Waals surface area contributed by atoms with Crippen LogP contribution in [-0.4, -0.2) is 17.5 Å². The summed E-state index contributed by atoms with van der Waals surface area (Å²) in [5, 5.41) is 8.40. The van der Waals surface area contributed by atoms with Gasteiger partial charge in [0.05, 0.1) is 0 Å². The van der Waals surface area contributed by atoms with Crippen LogP contribution in [0.1, 0.15) is 39.0 Å². The Morgan fingerprint density at radius 3 is 2.50 bits per heavy atom. The van der Waals surface area contributed by atoms with Crippen molar-refractivity contribution in [1.29, 1.82) is 0 Å². The second kappa shape index (κ2) is 6.75. The molecule has 0 heterocycles. The molecule has 0 aliphatic rings. The molecule has 0 spiro atoms. The third kappa shape index (κ3) is 5.76. The third-order valence-corrected chi connectivity index (χ3v) is 1.39. The van der Waals surface area contributed by atoms with Gasteiger partial charge in [-0.3, -0.25) is 4.79 Å². The van der Waals surface area contributed by atoms with Gasteiger partial charge in [0.25, 0.3) is 0 Å². The zero-order valence-electron chi connectivity index (χ0n) is 6.60. The lowest BCUT2D eigenvalue weighted by Crippen LogP contribution is -1.96. The topological polar surface area (TPSA) is 37.3 Å². The molecule has 0 aromatic carbocycles. The summed E-state index contributed by atoms with van der Waals surface area (Å²) < 4.78 is 0. The van der Waals surface area contributed by atoms with Gasteiger partial charge in [0.2, 0.25) is 0 Å². The van der Waals surface area contributed by atoms with Crippen LogP contribution in [0.25, 0.3) is 0 Å². The van der Waals surface area contributed by atoms with E-state index in [9.17, 15) is 4.79 Å². The molecule has 2 heteroatoms. The number of aliphatic hydroxyl groups excluding tert-OH is 1. The van der Waals surface area contributed by atoms with E-state index in [1.165, 1.54) is 0 Å². The largest absolute Gasteiger partial charge is 0.396 e. The Balaban J connectivity index is 3.05. The molecule has 0 saturated heterocycles. The average molecular weight is 144 g/mol. The number of ketones is 1. The monoisotopic (exact) mass is 144 g/mol. The number of aliphatic hydroxyl groups is 1. The molecule has 0 aromatic heterocycles. The Labute approximate surface area is 62.2 Å². The van der Waals surface area contributed by atoms with Crippen LogP contribution in [0.3, 0.4) is 0 Å². The van der Waals surface area contributed by atoms with E-state index in [0.29, 0.717) is 18.6 Å². The van der Waals surface area contributed by atoms with E-state index >= 15 is 0 Å². The number of hydrogen-bond acceptors (Lipinski definition) is 2. The molecule has 0 rings (SSSR count). The molecule has 0 fully saturated rings. The molecule has 0 saturated carbocycles. The highest BCUT2D eigenvalue weighted by Crippen LogP contribution is 1.99. The smallest absolute Gasteiger partial charge is 0.132 e. The van der Waals surface area contributed by atoms with Crippen LogP contribution in [0.15, 0.2) is 0 Å². The van der Waals surface area contributed by atoms with Gasteiger partial charge < -0.3 is 5.11 Å². The Bertz CT molecular complexity index is 89.3. The first-order chi connectivity index (χ1) is 4.81. The van der Waals surface area contributed by atoms with Crippen LogP contribution in [0.2, 0.25) is 0 Å². The minimum Gasteiger partial charge on any atom is -0.396 e. The molecule has 0 aromatic rings. The second-order valence-electron chi connectivity index (χ2n) is 2.47. The third-order valence-electron chi connectivity index (χ3n) is 1.39. The Hall–Kier alpha value is -0.370. The van der Waals surface area contributed by atoms with E-state index in [2.05, 4.69) is 0 Å². The summed E-state index contributed by atoms with van der Waals surface area (Å²) in [5.74, 6) is 0.330. The summed E-state index contributed by atoms with van der Waals surface area (Å²) >= 11 is 0. The fraction of sp³-hybridized carbons (Fsp3) is 0.875. The van der Waals surface area contributed by atoms with Crippen molar-refractivity contribution in [2.24, 2.45) is 0 Å². The van der Waals surface area contributed by atoms with Crippen LogP contribution >= 0.6 is 0 Å². The van der Waals surface area contributed by atoms with Crippen molar-refractivity contribution in [3.63, 3.8) is 0 Å². The van der Waals surface area contributed by atoms with Crippen LogP contribution < -0.4 is 0 Å². The van der Waals surface area contributed by atoms with Gasteiger partial charge >= 0.3 is 0 Å². The summed E-state index contributed by atoms with van der Waals surface area (Å²) in [5.41, 5.74) is 0. The molecule has 0 aliphatic heterocycles. The summed E-state index contributed by atoms with van der Waals surface area (Å²) in [6, 6.07) is 0. The number of hydrogen-bond donors (Lipinski definition) is 1. The highest BCUT2D eigenvalue weighted by Gasteiger charge is 1.97. The minimum atomic E-state index is 0.208. The van der Waals surface area contributed by atoms with Gasteiger partial charge in [0, 0.05) is 19.4 Å². The fourth-order valence-corrected chi connectivity index (χ4v) is 0.838. The first-order valence-corrected chi connectivity index (χ1v) is 3.93. The standard InChI is InChI=1S/C8H16O2/c1-2-5-8(10)6-3-4-7-9/h9H,2-7H2,1H3. The summed E-state index contributed by atoms with van der Waals surface area (Å²) in [6.45, 7) is 2.21. The van der Waals surface area contributed by atoms with E-state index in [1.54, 1.807) is 0 Å². The predicted molar refractivity (Wildman–Crippen MR) is 40.9 cm³/mol. The van der Waals surface area contributed by atoms with Crippen molar-refractivity contribution < 1.29 is 9.90 Å². The molecule has 0 unspecified atom stereocenters. The Kier molecular flexibility index (Phi) is 6.50. The molecule has 0 radical (unpaired) electrons. The summed E-state index contributed by atoms with van der Waals surface area (Å²) in [7, 11) is 0.